The quantitative estimate of drug-likeness (QED) is 0.346. The van der Waals surface area contributed by atoms with Crippen LogP contribution in [0.2, 0.25) is 0 Å². The van der Waals surface area contributed by atoms with Gasteiger partial charge in [0.2, 0.25) is 0 Å². The van der Waals surface area contributed by atoms with Crippen LogP contribution in [0.25, 0.3) is 10.8 Å². The molecule has 2 atom stereocenters. The Kier molecular flexibility index (Phi) is 6.28. The molecule has 0 aromatic heterocycles. The summed E-state index contributed by atoms with van der Waals surface area (Å²) in [5.41, 5.74) is 2.80. The van der Waals surface area contributed by atoms with Gasteiger partial charge in [-0.25, -0.2) is 9.18 Å². The zero-order valence-electron chi connectivity index (χ0n) is 18.7. The number of benzene rings is 4. The molecule has 0 unspecified atom stereocenters. The van der Waals surface area contributed by atoms with Crippen LogP contribution in [0.15, 0.2) is 84.9 Å². The summed E-state index contributed by atoms with van der Waals surface area (Å²) in [5, 5.41) is 15.4. The van der Waals surface area contributed by atoms with E-state index < -0.39 is 11.8 Å². The van der Waals surface area contributed by atoms with Gasteiger partial charge in [-0.15, -0.1) is 0 Å². The lowest BCUT2D eigenvalue weighted by atomic mass is 9.83. The van der Waals surface area contributed by atoms with Crippen molar-refractivity contribution in [2.45, 2.75) is 24.9 Å². The van der Waals surface area contributed by atoms with E-state index >= 15 is 0 Å². The zero-order chi connectivity index (χ0) is 23.5. The van der Waals surface area contributed by atoms with Crippen LogP contribution in [-0.4, -0.2) is 30.3 Å². The number of hydrogen-bond donors (Lipinski definition) is 2. The van der Waals surface area contributed by atoms with Gasteiger partial charge in [-0.1, -0.05) is 66.7 Å². The van der Waals surface area contributed by atoms with Crippen molar-refractivity contribution in [3.05, 3.63) is 113 Å². The fraction of sp³-hybridized carbons (Fsp3) is 0.207. The predicted octanol–water partition coefficient (Wildman–Crippen LogP) is 5.79. The maximum atomic E-state index is 14.0. The Morgan fingerprint density at radius 2 is 1.79 bits per heavy atom. The molecule has 4 aromatic rings. The summed E-state index contributed by atoms with van der Waals surface area (Å²) in [5.74, 6) is -1.25. The average molecular weight is 456 g/mol. The van der Waals surface area contributed by atoms with Crippen molar-refractivity contribution >= 4 is 16.7 Å². The van der Waals surface area contributed by atoms with E-state index in [1.807, 2.05) is 24.3 Å². The van der Waals surface area contributed by atoms with Gasteiger partial charge in [0.05, 0.1) is 5.56 Å². The highest BCUT2D eigenvalue weighted by Gasteiger charge is 2.30. The molecule has 172 valence electrons. The number of fused-ring (bicyclic) bond motifs is 2. The summed E-state index contributed by atoms with van der Waals surface area (Å²) in [6, 6.07) is 27.0. The summed E-state index contributed by atoms with van der Waals surface area (Å²) < 4.78 is 20.2. The SMILES string of the molecule is O=C(O)c1cc([C@H]2C[C@H](CNCCc3cccc4ccccc34)Oc3ccccc32)ccc1F. The summed E-state index contributed by atoms with van der Waals surface area (Å²) in [6.45, 7) is 1.49. The molecule has 0 amide bonds. The second kappa shape index (κ2) is 9.65. The molecule has 2 N–H and O–H groups in total. The van der Waals surface area contributed by atoms with Crippen LogP contribution in [0.5, 0.6) is 5.75 Å². The second-order valence-corrected chi connectivity index (χ2v) is 8.70. The third-order valence-corrected chi connectivity index (χ3v) is 6.53. The van der Waals surface area contributed by atoms with Crippen molar-refractivity contribution in [3.63, 3.8) is 0 Å². The van der Waals surface area contributed by atoms with Gasteiger partial charge >= 0.3 is 5.97 Å². The Morgan fingerprint density at radius 1 is 1.00 bits per heavy atom. The molecule has 1 aliphatic rings. The monoisotopic (exact) mass is 455 g/mol. The molecular weight excluding hydrogens is 429 g/mol. The zero-order valence-corrected chi connectivity index (χ0v) is 18.7. The fourth-order valence-electron chi connectivity index (χ4n) is 4.85. The molecule has 0 bridgehead atoms. The van der Waals surface area contributed by atoms with Gasteiger partial charge in [-0.2, -0.15) is 0 Å². The number of halogens is 1. The minimum Gasteiger partial charge on any atom is -0.489 e. The molecule has 5 rings (SSSR count). The molecule has 34 heavy (non-hydrogen) atoms. The maximum absolute atomic E-state index is 14.0. The van der Waals surface area contributed by atoms with E-state index in [1.165, 1.54) is 28.5 Å². The predicted molar refractivity (Wildman–Crippen MR) is 131 cm³/mol. The number of nitrogens with one attached hydrogen (secondary N) is 1. The minimum absolute atomic E-state index is 0.0616. The first-order chi connectivity index (χ1) is 16.6. The van der Waals surface area contributed by atoms with Crippen LogP contribution in [0.4, 0.5) is 4.39 Å². The second-order valence-electron chi connectivity index (χ2n) is 8.70. The number of carbonyl (C=O) groups is 1. The third kappa shape index (κ3) is 4.52. The van der Waals surface area contributed by atoms with Crippen LogP contribution in [0.1, 0.15) is 39.4 Å². The molecule has 4 nitrogen and oxygen atoms in total. The van der Waals surface area contributed by atoms with E-state index in [9.17, 15) is 14.3 Å². The van der Waals surface area contributed by atoms with Crippen molar-refractivity contribution in [1.82, 2.24) is 5.32 Å². The van der Waals surface area contributed by atoms with E-state index in [-0.39, 0.29) is 17.6 Å². The molecule has 0 fully saturated rings. The number of carboxylic acids is 1. The molecule has 1 heterocycles. The van der Waals surface area contributed by atoms with Gasteiger partial charge in [0.15, 0.2) is 0 Å². The van der Waals surface area contributed by atoms with Gasteiger partial charge < -0.3 is 15.2 Å². The Morgan fingerprint density at radius 3 is 2.68 bits per heavy atom. The van der Waals surface area contributed by atoms with Crippen LogP contribution in [0.3, 0.4) is 0 Å². The molecule has 0 spiro atoms. The summed E-state index contributed by atoms with van der Waals surface area (Å²) in [7, 11) is 0. The van der Waals surface area contributed by atoms with Crippen molar-refractivity contribution in [1.29, 1.82) is 0 Å². The number of para-hydroxylation sites is 1. The Bertz CT molecular complexity index is 1330. The van der Waals surface area contributed by atoms with Crippen molar-refractivity contribution in [2.75, 3.05) is 13.1 Å². The smallest absolute Gasteiger partial charge is 0.338 e. The van der Waals surface area contributed by atoms with Crippen molar-refractivity contribution in [2.24, 2.45) is 0 Å². The van der Waals surface area contributed by atoms with Crippen molar-refractivity contribution < 1.29 is 19.0 Å². The Balaban J connectivity index is 1.29. The highest BCUT2D eigenvalue weighted by atomic mass is 19.1. The van der Waals surface area contributed by atoms with Crippen LogP contribution >= 0.6 is 0 Å². The fourth-order valence-corrected chi connectivity index (χ4v) is 4.85. The lowest BCUT2D eigenvalue weighted by molar-refractivity contribution is 0.0691. The Labute approximate surface area is 198 Å². The number of hydrogen-bond acceptors (Lipinski definition) is 3. The topological polar surface area (TPSA) is 58.6 Å². The van der Waals surface area contributed by atoms with E-state index in [0.29, 0.717) is 13.0 Å². The van der Waals surface area contributed by atoms with Crippen molar-refractivity contribution in [3.8, 4) is 5.75 Å². The Hall–Kier alpha value is -3.70. The van der Waals surface area contributed by atoms with E-state index in [1.54, 1.807) is 6.07 Å². The van der Waals surface area contributed by atoms with E-state index in [0.717, 1.165) is 29.8 Å². The molecular formula is C29H26FNO3. The van der Waals surface area contributed by atoms with E-state index in [4.69, 9.17) is 4.74 Å². The van der Waals surface area contributed by atoms with Crippen LogP contribution in [0, 0.1) is 5.82 Å². The highest BCUT2D eigenvalue weighted by molar-refractivity contribution is 5.88. The molecule has 0 radical (unpaired) electrons. The first-order valence-corrected chi connectivity index (χ1v) is 11.6. The summed E-state index contributed by atoms with van der Waals surface area (Å²) in [4.78, 5) is 11.5. The molecule has 0 aliphatic carbocycles. The molecule has 4 aromatic carbocycles. The van der Waals surface area contributed by atoms with Gasteiger partial charge in [0, 0.05) is 18.0 Å². The van der Waals surface area contributed by atoms with Crippen LogP contribution < -0.4 is 10.1 Å². The molecule has 5 heteroatoms. The van der Waals surface area contributed by atoms with Gasteiger partial charge in [-0.3, -0.25) is 0 Å². The molecule has 0 saturated heterocycles. The van der Waals surface area contributed by atoms with Gasteiger partial charge in [-0.05, 0) is 59.5 Å². The minimum atomic E-state index is -1.26. The molecule has 1 aliphatic heterocycles. The largest absolute Gasteiger partial charge is 0.489 e. The van der Waals surface area contributed by atoms with Crippen LogP contribution in [-0.2, 0) is 6.42 Å². The number of rotatable bonds is 7. The van der Waals surface area contributed by atoms with Gasteiger partial charge in [0.1, 0.15) is 17.7 Å². The molecule has 0 saturated carbocycles. The average Bonchev–Trinajstić information content (AvgIpc) is 2.86. The highest BCUT2D eigenvalue weighted by Crippen LogP contribution is 2.40. The first-order valence-electron chi connectivity index (χ1n) is 11.6. The summed E-state index contributed by atoms with van der Waals surface area (Å²) in [6.07, 6.45) is 1.52. The lowest BCUT2D eigenvalue weighted by Gasteiger charge is -2.33. The summed E-state index contributed by atoms with van der Waals surface area (Å²) >= 11 is 0. The number of aromatic carboxylic acids is 1. The number of carboxylic acid groups (broad SMARTS) is 1. The van der Waals surface area contributed by atoms with Gasteiger partial charge in [0.25, 0.3) is 0 Å². The van der Waals surface area contributed by atoms with E-state index in [2.05, 4.69) is 47.8 Å². The normalized spacial score (nSPS) is 17.2. The first kappa shape index (κ1) is 22.1. The lowest BCUT2D eigenvalue weighted by Crippen LogP contribution is -2.36. The third-order valence-electron chi connectivity index (χ3n) is 6.53. The standard InChI is InChI=1S/C29H26FNO3/c30-27-13-12-21(16-26(27)29(32)33)25-17-22(34-28-11-4-3-10-24(25)28)18-31-15-14-20-8-5-7-19-6-1-2-9-23(19)20/h1-13,16,22,25,31H,14-15,17-18H2,(H,32,33)/t22-,25-/m1/s1. The maximum Gasteiger partial charge on any atom is 0.338 e. The number of ether oxygens (including phenoxy) is 1.